The lowest BCUT2D eigenvalue weighted by Gasteiger charge is -1.96. The first-order chi connectivity index (χ1) is 4.61. The predicted octanol–water partition coefficient (Wildman–Crippen LogP) is 2.57. The van der Waals surface area contributed by atoms with Crippen LogP contribution in [-0.4, -0.2) is 0 Å². The second-order valence-corrected chi connectivity index (χ2v) is 2.02. The van der Waals surface area contributed by atoms with Crippen molar-refractivity contribution < 1.29 is 13.2 Å². The highest BCUT2D eigenvalue weighted by molar-refractivity contribution is 5.18. The van der Waals surface area contributed by atoms with Crippen LogP contribution in [0, 0.1) is 24.4 Å². The zero-order valence-corrected chi connectivity index (χ0v) is 6.00. The zero-order valence-electron chi connectivity index (χ0n) is 6.00. The van der Waals surface area contributed by atoms with E-state index in [4.69, 9.17) is 0 Å². The van der Waals surface area contributed by atoms with Crippen molar-refractivity contribution in [1.29, 1.82) is 0 Å². The van der Waals surface area contributed by atoms with Gasteiger partial charge in [0.2, 0.25) is 0 Å². The average Bonchev–Trinajstić information content (AvgIpc) is 1.82. The van der Waals surface area contributed by atoms with Gasteiger partial charge in [0, 0.05) is 6.07 Å². The van der Waals surface area contributed by atoms with E-state index < -0.39 is 17.5 Å². The Balaban J connectivity index is 0.000001000. The molecule has 0 saturated heterocycles. The van der Waals surface area contributed by atoms with Crippen molar-refractivity contribution >= 4 is 0 Å². The highest BCUT2D eigenvalue weighted by Gasteiger charge is 2.05. The molecule has 0 fully saturated rings. The molecule has 0 heterocycles. The van der Waals surface area contributed by atoms with Crippen LogP contribution in [-0.2, 0) is 0 Å². The molecule has 0 aliphatic rings. The van der Waals surface area contributed by atoms with Gasteiger partial charge >= 0.3 is 0 Å². The summed E-state index contributed by atoms with van der Waals surface area (Å²) < 4.78 is 36.8. The summed E-state index contributed by atoms with van der Waals surface area (Å²) in [5.74, 6) is -2.88. The summed E-state index contributed by atoms with van der Waals surface area (Å²) in [6.07, 6.45) is 0. The number of rotatable bonds is 0. The number of hydrogen-bond acceptors (Lipinski definition) is 1. The fraction of sp³-hybridized carbons (Fsp3) is 0.143. The quantitative estimate of drug-likeness (QED) is 0.586. The molecule has 0 aromatic heterocycles. The molecule has 1 nitrogen and oxygen atoms in total. The van der Waals surface area contributed by atoms with Gasteiger partial charge in [0.25, 0.3) is 0 Å². The van der Waals surface area contributed by atoms with Crippen molar-refractivity contribution in [3.8, 4) is 0 Å². The zero-order chi connectivity index (χ0) is 7.72. The topological polar surface area (TPSA) is 35.0 Å². The first-order valence-corrected chi connectivity index (χ1v) is 2.72. The van der Waals surface area contributed by atoms with Gasteiger partial charge in [0.1, 0.15) is 5.82 Å². The van der Waals surface area contributed by atoms with E-state index in [1.165, 1.54) is 6.92 Å². The summed E-state index contributed by atoms with van der Waals surface area (Å²) in [5.41, 5.74) is -0.0162. The Hall–Kier alpha value is -1.03. The number of benzene rings is 1. The summed E-state index contributed by atoms with van der Waals surface area (Å²) >= 11 is 0. The molecule has 0 aliphatic heterocycles. The van der Waals surface area contributed by atoms with Gasteiger partial charge in [0.15, 0.2) is 11.6 Å². The largest absolute Gasteiger partial charge is 0.344 e. The van der Waals surface area contributed by atoms with Crippen molar-refractivity contribution in [3.63, 3.8) is 0 Å². The molecule has 0 saturated carbocycles. The van der Waals surface area contributed by atoms with E-state index in [2.05, 4.69) is 0 Å². The van der Waals surface area contributed by atoms with E-state index >= 15 is 0 Å². The molecule has 11 heavy (non-hydrogen) atoms. The molecule has 0 atom stereocenters. The van der Waals surface area contributed by atoms with Gasteiger partial charge < -0.3 is 6.15 Å². The fourth-order valence-electron chi connectivity index (χ4n) is 0.685. The third-order valence-electron chi connectivity index (χ3n) is 1.17. The average molecular weight is 163 g/mol. The number of halogens is 3. The minimum absolute atomic E-state index is 0. The first kappa shape index (κ1) is 9.97. The Bertz CT molecular complexity index is 237. The lowest BCUT2D eigenvalue weighted by atomic mass is 10.2. The summed E-state index contributed by atoms with van der Waals surface area (Å²) in [6, 6.07) is 1.46. The van der Waals surface area contributed by atoms with Crippen molar-refractivity contribution in [2.24, 2.45) is 0 Å². The van der Waals surface area contributed by atoms with Crippen LogP contribution in [0.3, 0.4) is 0 Å². The van der Waals surface area contributed by atoms with Gasteiger partial charge in [-0.1, -0.05) is 0 Å². The fourth-order valence-corrected chi connectivity index (χ4v) is 0.685. The Morgan fingerprint density at radius 2 is 1.64 bits per heavy atom. The highest BCUT2D eigenvalue weighted by Crippen LogP contribution is 2.12. The van der Waals surface area contributed by atoms with E-state index in [0.29, 0.717) is 6.07 Å². The van der Waals surface area contributed by atoms with Gasteiger partial charge in [-0.05, 0) is 18.6 Å². The van der Waals surface area contributed by atoms with Crippen LogP contribution in [0.25, 0.3) is 0 Å². The molecular weight excluding hydrogens is 155 g/mol. The minimum atomic E-state index is -1.14. The van der Waals surface area contributed by atoms with E-state index in [-0.39, 0.29) is 11.7 Å². The van der Waals surface area contributed by atoms with Crippen LogP contribution in [0.15, 0.2) is 12.1 Å². The van der Waals surface area contributed by atoms with Crippen molar-refractivity contribution in [3.05, 3.63) is 35.1 Å². The van der Waals surface area contributed by atoms with Crippen molar-refractivity contribution in [1.82, 2.24) is 6.15 Å². The molecule has 0 bridgehead atoms. The molecule has 0 amide bonds. The molecule has 62 valence electrons. The highest BCUT2D eigenvalue weighted by atomic mass is 19.2. The molecule has 4 heteroatoms. The summed E-state index contributed by atoms with van der Waals surface area (Å²) in [5, 5.41) is 0. The molecule has 3 N–H and O–H groups in total. The Morgan fingerprint density at radius 3 is 2.09 bits per heavy atom. The van der Waals surface area contributed by atoms with Crippen molar-refractivity contribution in [2.45, 2.75) is 6.92 Å². The lowest BCUT2D eigenvalue weighted by molar-refractivity contribution is 0.489. The normalized spacial score (nSPS) is 9.09. The van der Waals surface area contributed by atoms with Gasteiger partial charge in [-0.25, -0.2) is 13.2 Å². The van der Waals surface area contributed by atoms with Crippen LogP contribution in [0.1, 0.15) is 5.56 Å². The minimum Gasteiger partial charge on any atom is -0.344 e. The third kappa shape index (κ3) is 1.94. The van der Waals surface area contributed by atoms with Crippen LogP contribution < -0.4 is 6.15 Å². The Kier molecular flexibility index (Phi) is 3.07. The molecule has 1 aromatic carbocycles. The summed E-state index contributed by atoms with van der Waals surface area (Å²) in [6.45, 7) is 1.31. The SMILES string of the molecule is Cc1cc(F)cc(F)c1F.N. The smallest absolute Gasteiger partial charge is 0.162 e. The number of hydrogen-bond donors (Lipinski definition) is 1. The first-order valence-electron chi connectivity index (χ1n) is 2.72. The molecule has 0 spiro atoms. The van der Waals surface area contributed by atoms with E-state index in [9.17, 15) is 13.2 Å². The summed E-state index contributed by atoms with van der Waals surface area (Å²) in [4.78, 5) is 0. The van der Waals surface area contributed by atoms with E-state index in [1.807, 2.05) is 0 Å². The molecule has 0 aliphatic carbocycles. The maximum absolute atomic E-state index is 12.4. The van der Waals surface area contributed by atoms with E-state index in [0.717, 1.165) is 6.07 Å². The second kappa shape index (κ2) is 3.39. The lowest BCUT2D eigenvalue weighted by Crippen LogP contribution is -1.89. The molecular formula is C7H8F3N. The molecule has 0 unspecified atom stereocenters. The monoisotopic (exact) mass is 163 g/mol. The van der Waals surface area contributed by atoms with Crippen LogP contribution in [0.4, 0.5) is 13.2 Å². The van der Waals surface area contributed by atoms with E-state index in [1.54, 1.807) is 0 Å². The summed E-state index contributed by atoms with van der Waals surface area (Å²) in [7, 11) is 0. The van der Waals surface area contributed by atoms with Crippen LogP contribution in [0.5, 0.6) is 0 Å². The maximum Gasteiger partial charge on any atom is 0.162 e. The predicted molar refractivity (Wildman–Crippen MR) is 36.1 cm³/mol. The molecule has 1 aromatic rings. The van der Waals surface area contributed by atoms with Crippen molar-refractivity contribution in [2.75, 3.05) is 0 Å². The molecule has 1 rings (SSSR count). The molecule has 0 radical (unpaired) electrons. The maximum atomic E-state index is 12.4. The Labute approximate surface area is 62.4 Å². The van der Waals surface area contributed by atoms with Crippen LogP contribution in [0.2, 0.25) is 0 Å². The van der Waals surface area contributed by atoms with Gasteiger partial charge in [-0.3, -0.25) is 0 Å². The third-order valence-corrected chi connectivity index (χ3v) is 1.17. The second-order valence-electron chi connectivity index (χ2n) is 2.02. The van der Waals surface area contributed by atoms with Crippen LogP contribution >= 0.6 is 0 Å². The standard InChI is InChI=1S/C7H5F3.H3N/c1-4-2-5(8)3-6(9)7(4)10;/h2-3H,1H3;1H3. The van der Waals surface area contributed by atoms with Gasteiger partial charge in [-0.2, -0.15) is 0 Å². The van der Waals surface area contributed by atoms with Gasteiger partial charge in [0.05, 0.1) is 0 Å². The number of aryl methyl sites for hydroxylation is 1. The van der Waals surface area contributed by atoms with Gasteiger partial charge in [-0.15, -0.1) is 0 Å². The Morgan fingerprint density at radius 1 is 1.09 bits per heavy atom.